The molecule has 1 aromatic heterocycles. The van der Waals surface area contributed by atoms with Crippen LogP contribution in [0.4, 0.5) is 0 Å². The molecule has 1 aliphatic rings. The summed E-state index contributed by atoms with van der Waals surface area (Å²) >= 11 is 1.35. The number of sulfonamides is 1. The topological polar surface area (TPSA) is 49.9 Å². The molecule has 0 unspecified atom stereocenters. The second kappa shape index (κ2) is 8.52. The van der Waals surface area contributed by atoms with Crippen LogP contribution in [0.1, 0.15) is 16.9 Å². The van der Waals surface area contributed by atoms with Gasteiger partial charge < -0.3 is 9.64 Å². The van der Waals surface area contributed by atoms with E-state index in [1.54, 1.807) is 17.5 Å². The molecule has 7 heteroatoms. The summed E-state index contributed by atoms with van der Waals surface area (Å²) in [7, 11) is -1.65. The number of thiophene rings is 1. The zero-order chi connectivity index (χ0) is 18.6. The van der Waals surface area contributed by atoms with Gasteiger partial charge in [-0.2, -0.15) is 4.31 Å². The number of methoxy groups -OCH3 is 1. The van der Waals surface area contributed by atoms with Crippen molar-refractivity contribution in [2.75, 3.05) is 39.8 Å². The number of hydrogen-bond donors (Lipinski definition) is 0. The standard InChI is InChI=1S/C19H26N2O3S2/c1-16-5-10-19(25-16)26(22,23)21-14-12-20(13-15-21)11-3-4-17-6-8-18(24-2)9-7-17/h5-10H,3-4,11-15H2,1-2H3. The molecule has 0 saturated carbocycles. The monoisotopic (exact) mass is 394 g/mol. The van der Waals surface area contributed by atoms with Crippen molar-refractivity contribution in [1.29, 1.82) is 0 Å². The minimum Gasteiger partial charge on any atom is -0.497 e. The molecular weight excluding hydrogens is 368 g/mol. The number of nitrogens with zero attached hydrogens (tertiary/aromatic N) is 2. The van der Waals surface area contributed by atoms with Gasteiger partial charge in [-0.05, 0) is 56.1 Å². The number of rotatable bonds is 7. The summed E-state index contributed by atoms with van der Waals surface area (Å²) in [5.74, 6) is 0.881. The Morgan fingerprint density at radius 1 is 1.04 bits per heavy atom. The molecule has 2 heterocycles. The molecule has 0 atom stereocenters. The van der Waals surface area contributed by atoms with Crippen molar-refractivity contribution in [2.45, 2.75) is 24.0 Å². The smallest absolute Gasteiger partial charge is 0.252 e. The first-order valence-corrected chi connectivity index (χ1v) is 11.2. The van der Waals surface area contributed by atoms with Crippen LogP contribution in [0.15, 0.2) is 40.6 Å². The predicted octanol–water partition coefficient (Wildman–Crippen LogP) is 3.00. The van der Waals surface area contributed by atoms with Gasteiger partial charge in [0.2, 0.25) is 0 Å². The molecule has 1 saturated heterocycles. The van der Waals surface area contributed by atoms with Crippen molar-refractivity contribution >= 4 is 21.4 Å². The second-order valence-corrected chi connectivity index (χ2v) is 10.0. The molecule has 5 nitrogen and oxygen atoms in total. The number of aryl methyl sites for hydroxylation is 2. The Balaban J connectivity index is 1.45. The summed E-state index contributed by atoms with van der Waals surface area (Å²) in [6.45, 7) is 5.67. The van der Waals surface area contributed by atoms with Crippen molar-refractivity contribution in [1.82, 2.24) is 9.21 Å². The third-order valence-electron chi connectivity index (χ3n) is 4.74. The van der Waals surface area contributed by atoms with Crippen LogP contribution in [-0.4, -0.2) is 57.5 Å². The zero-order valence-corrected chi connectivity index (χ0v) is 17.0. The second-order valence-electron chi connectivity index (χ2n) is 6.56. The Labute approximate surface area is 160 Å². The largest absolute Gasteiger partial charge is 0.497 e. The van der Waals surface area contributed by atoms with E-state index >= 15 is 0 Å². The Morgan fingerprint density at radius 2 is 1.73 bits per heavy atom. The molecule has 0 radical (unpaired) electrons. The highest BCUT2D eigenvalue weighted by Gasteiger charge is 2.29. The molecule has 142 valence electrons. The van der Waals surface area contributed by atoms with Gasteiger partial charge in [0.05, 0.1) is 7.11 Å². The van der Waals surface area contributed by atoms with E-state index < -0.39 is 10.0 Å². The maximum Gasteiger partial charge on any atom is 0.252 e. The molecule has 2 aromatic rings. The maximum atomic E-state index is 12.7. The highest BCUT2D eigenvalue weighted by atomic mass is 32.2. The molecule has 0 aliphatic carbocycles. The van der Waals surface area contributed by atoms with Crippen molar-refractivity contribution in [3.8, 4) is 5.75 Å². The van der Waals surface area contributed by atoms with Crippen LogP contribution in [0.2, 0.25) is 0 Å². The summed E-state index contributed by atoms with van der Waals surface area (Å²) in [6, 6.07) is 11.8. The first kappa shape index (κ1) is 19.4. The predicted molar refractivity (Wildman–Crippen MR) is 106 cm³/mol. The summed E-state index contributed by atoms with van der Waals surface area (Å²) in [6.07, 6.45) is 2.10. The van der Waals surface area contributed by atoms with E-state index in [4.69, 9.17) is 4.74 Å². The zero-order valence-electron chi connectivity index (χ0n) is 15.3. The number of ether oxygens (including phenoxy) is 1. The van der Waals surface area contributed by atoms with E-state index in [9.17, 15) is 8.42 Å². The number of piperazine rings is 1. The normalized spacial score (nSPS) is 16.7. The van der Waals surface area contributed by atoms with Crippen molar-refractivity contribution in [2.24, 2.45) is 0 Å². The molecule has 0 amide bonds. The SMILES string of the molecule is COc1ccc(CCCN2CCN(S(=O)(=O)c3ccc(C)s3)CC2)cc1. The Bertz CT molecular complexity index is 808. The van der Waals surface area contributed by atoms with Crippen molar-refractivity contribution in [3.05, 3.63) is 46.8 Å². The van der Waals surface area contributed by atoms with Gasteiger partial charge in [-0.15, -0.1) is 11.3 Å². The summed E-state index contributed by atoms with van der Waals surface area (Å²) in [4.78, 5) is 3.38. The van der Waals surface area contributed by atoms with Crippen LogP contribution < -0.4 is 4.74 Å². The lowest BCUT2D eigenvalue weighted by Gasteiger charge is -2.33. The lowest BCUT2D eigenvalue weighted by molar-refractivity contribution is 0.187. The molecule has 0 spiro atoms. The minimum absolute atomic E-state index is 0.461. The van der Waals surface area contributed by atoms with Crippen molar-refractivity contribution in [3.63, 3.8) is 0 Å². The first-order chi connectivity index (χ1) is 12.5. The average Bonchev–Trinajstić information content (AvgIpc) is 3.10. The van der Waals surface area contributed by atoms with Crippen LogP contribution in [0.25, 0.3) is 0 Å². The van der Waals surface area contributed by atoms with Crippen LogP contribution in [0.5, 0.6) is 5.75 Å². The highest BCUT2D eigenvalue weighted by Crippen LogP contribution is 2.25. The van der Waals surface area contributed by atoms with Gasteiger partial charge >= 0.3 is 0 Å². The fourth-order valence-electron chi connectivity index (χ4n) is 3.17. The van der Waals surface area contributed by atoms with E-state index in [1.165, 1.54) is 16.9 Å². The molecule has 1 aliphatic heterocycles. The van der Waals surface area contributed by atoms with E-state index in [0.717, 1.165) is 43.1 Å². The van der Waals surface area contributed by atoms with E-state index in [-0.39, 0.29) is 0 Å². The van der Waals surface area contributed by atoms with E-state index in [1.807, 2.05) is 25.1 Å². The highest BCUT2D eigenvalue weighted by molar-refractivity contribution is 7.91. The molecule has 0 bridgehead atoms. The molecule has 0 N–H and O–H groups in total. The number of hydrogen-bond acceptors (Lipinski definition) is 5. The van der Waals surface area contributed by atoms with Gasteiger partial charge in [0.15, 0.2) is 0 Å². The third-order valence-corrected chi connectivity index (χ3v) is 8.11. The molecule has 26 heavy (non-hydrogen) atoms. The Hall–Kier alpha value is -1.41. The van der Waals surface area contributed by atoms with Crippen LogP contribution in [0.3, 0.4) is 0 Å². The van der Waals surface area contributed by atoms with Crippen LogP contribution in [0, 0.1) is 6.92 Å². The van der Waals surface area contributed by atoms with Gasteiger partial charge in [-0.25, -0.2) is 8.42 Å². The minimum atomic E-state index is -3.32. The lowest BCUT2D eigenvalue weighted by Crippen LogP contribution is -2.48. The maximum absolute atomic E-state index is 12.7. The average molecular weight is 395 g/mol. The van der Waals surface area contributed by atoms with Crippen molar-refractivity contribution < 1.29 is 13.2 Å². The molecule has 1 fully saturated rings. The summed E-state index contributed by atoms with van der Waals surface area (Å²) in [5.41, 5.74) is 1.31. The van der Waals surface area contributed by atoms with Gasteiger partial charge in [0, 0.05) is 31.1 Å². The van der Waals surface area contributed by atoms with Gasteiger partial charge in [-0.1, -0.05) is 12.1 Å². The Morgan fingerprint density at radius 3 is 2.31 bits per heavy atom. The number of benzene rings is 1. The van der Waals surface area contributed by atoms with Gasteiger partial charge in [0.25, 0.3) is 10.0 Å². The van der Waals surface area contributed by atoms with Crippen LogP contribution in [-0.2, 0) is 16.4 Å². The molecule has 3 rings (SSSR count). The summed E-state index contributed by atoms with van der Waals surface area (Å²) < 4.78 is 32.6. The van der Waals surface area contributed by atoms with E-state index in [0.29, 0.717) is 17.3 Å². The molecular formula is C19H26N2O3S2. The lowest BCUT2D eigenvalue weighted by atomic mass is 10.1. The quantitative estimate of drug-likeness (QED) is 0.724. The third kappa shape index (κ3) is 4.65. The first-order valence-electron chi connectivity index (χ1n) is 8.91. The Kier molecular flexibility index (Phi) is 6.34. The van der Waals surface area contributed by atoms with Crippen LogP contribution >= 0.6 is 11.3 Å². The fourth-order valence-corrected chi connectivity index (χ4v) is 6.03. The van der Waals surface area contributed by atoms with Gasteiger partial charge in [0.1, 0.15) is 9.96 Å². The fraction of sp³-hybridized carbons (Fsp3) is 0.474. The summed E-state index contributed by atoms with van der Waals surface area (Å²) in [5, 5.41) is 0. The van der Waals surface area contributed by atoms with E-state index in [2.05, 4.69) is 17.0 Å². The van der Waals surface area contributed by atoms with Gasteiger partial charge in [-0.3, -0.25) is 0 Å². The molecule has 1 aromatic carbocycles.